The van der Waals surface area contributed by atoms with Gasteiger partial charge in [-0.15, -0.1) is 0 Å². The van der Waals surface area contributed by atoms with Crippen LogP contribution in [0.15, 0.2) is 28.9 Å². The molecule has 0 spiro atoms. The molecular formula is C12H14N2O. The van der Waals surface area contributed by atoms with Crippen LogP contribution in [0.4, 0.5) is 0 Å². The molecular weight excluding hydrogens is 188 g/mol. The lowest BCUT2D eigenvalue weighted by atomic mass is 10.1. The third kappa shape index (κ3) is 2.06. The average molecular weight is 202 g/mol. The summed E-state index contributed by atoms with van der Waals surface area (Å²) in [4.78, 5) is 4.38. The molecule has 0 saturated heterocycles. The molecule has 78 valence electrons. The van der Waals surface area contributed by atoms with Crippen LogP contribution in [0.2, 0.25) is 0 Å². The van der Waals surface area contributed by atoms with Crippen LogP contribution in [0, 0.1) is 6.92 Å². The van der Waals surface area contributed by atoms with Crippen molar-refractivity contribution in [3.05, 3.63) is 35.8 Å². The van der Waals surface area contributed by atoms with E-state index >= 15 is 0 Å². The van der Waals surface area contributed by atoms with Crippen molar-refractivity contribution in [1.82, 2.24) is 10.1 Å². The van der Waals surface area contributed by atoms with E-state index in [-0.39, 0.29) is 0 Å². The predicted octanol–water partition coefficient (Wildman–Crippen LogP) is 3.17. The summed E-state index contributed by atoms with van der Waals surface area (Å²) in [5.41, 5.74) is 2.95. The van der Waals surface area contributed by atoms with E-state index in [4.69, 9.17) is 4.52 Å². The van der Waals surface area contributed by atoms with Crippen molar-refractivity contribution >= 4 is 0 Å². The summed E-state index contributed by atoms with van der Waals surface area (Å²) >= 11 is 0. The number of aromatic nitrogens is 2. The summed E-state index contributed by atoms with van der Waals surface area (Å²) in [6.07, 6.45) is 1.83. The smallest absolute Gasteiger partial charge is 0.168 e. The Morgan fingerprint density at radius 2 is 2.07 bits per heavy atom. The minimum atomic E-state index is 0.454. The van der Waals surface area contributed by atoms with Gasteiger partial charge in [-0.2, -0.15) is 0 Å². The molecule has 2 heterocycles. The fourth-order valence-electron chi connectivity index (χ4n) is 1.39. The van der Waals surface area contributed by atoms with Gasteiger partial charge in [-0.1, -0.05) is 19.0 Å². The molecule has 2 aromatic heterocycles. The van der Waals surface area contributed by atoms with E-state index in [1.54, 1.807) is 0 Å². The fraction of sp³-hybridized carbons (Fsp3) is 0.333. The van der Waals surface area contributed by atoms with Gasteiger partial charge < -0.3 is 4.52 Å². The normalized spacial score (nSPS) is 10.9. The van der Waals surface area contributed by atoms with Gasteiger partial charge in [0, 0.05) is 23.5 Å². The topological polar surface area (TPSA) is 38.9 Å². The van der Waals surface area contributed by atoms with Gasteiger partial charge in [0.25, 0.3) is 0 Å². The number of aryl methyl sites for hydroxylation is 1. The molecule has 3 heteroatoms. The first-order valence-corrected chi connectivity index (χ1v) is 5.06. The molecule has 0 aromatic carbocycles. The Balaban J connectivity index is 2.31. The Bertz CT molecular complexity index is 443. The lowest BCUT2D eigenvalue weighted by Crippen LogP contribution is -1.91. The quantitative estimate of drug-likeness (QED) is 0.750. The second-order valence-corrected chi connectivity index (χ2v) is 3.96. The number of pyridine rings is 1. The van der Waals surface area contributed by atoms with Crippen LogP contribution in [-0.4, -0.2) is 10.1 Å². The van der Waals surface area contributed by atoms with Crippen LogP contribution in [0.3, 0.4) is 0 Å². The standard InChI is InChI=1S/C12H14N2O/c1-8(2)11-5-4-10(7-13-11)12-6-9(3)14-15-12/h4-8H,1-3H3. The molecule has 0 fully saturated rings. The van der Waals surface area contributed by atoms with Crippen molar-refractivity contribution in [2.45, 2.75) is 26.7 Å². The first-order valence-electron chi connectivity index (χ1n) is 5.06. The number of hydrogen-bond acceptors (Lipinski definition) is 3. The van der Waals surface area contributed by atoms with E-state index in [9.17, 15) is 0 Å². The van der Waals surface area contributed by atoms with Crippen molar-refractivity contribution in [2.75, 3.05) is 0 Å². The van der Waals surface area contributed by atoms with Gasteiger partial charge in [0.2, 0.25) is 0 Å². The zero-order chi connectivity index (χ0) is 10.8. The molecule has 0 aliphatic carbocycles. The maximum atomic E-state index is 5.16. The molecule has 0 aliphatic heterocycles. The summed E-state index contributed by atoms with van der Waals surface area (Å²) in [6, 6.07) is 5.95. The third-order valence-electron chi connectivity index (χ3n) is 2.29. The van der Waals surface area contributed by atoms with Crippen molar-refractivity contribution in [3.63, 3.8) is 0 Å². The van der Waals surface area contributed by atoms with Gasteiger partial charge in [0.05, 0.1) is 5.69 Å². The Kier molecular flexibility index (Phi) is 2.54. The van der Waals surface area contributed by atoms with Crippen molar-refractivity contribution in [3.8, 4) is 11.3 Å². The van der Waals surface area contributed by atoms with Gasteiger partial charge >= 0.3 is 0 Å². The lowest BCUT2D eigenvalue weighted by Gasteiger charge is -2.03. The number of nitrogens with zero attached hydrogens (tertiary/aromatic N) is 2. The summed E-state index contributed by atoms with van der Waals surface area (Å²) in [7, 11) is 0. The molecule has 0 N–H and O–H groups in total. The molecule has 0 aliphatic rings. The highest BCUT2D eigenvalue weighted by Crippen LogP contribution is 2.20. The zero-order valence-electron chi connectivity index (χ0n) is 9.19. The number of hydrogen-bond donors (Lipinski definition) is 0. The van der Waals surface area contributed by atoms with E-state index < -0.39 is 0 Å². The van der Waals surface area contributed by atoms with Crippen molar-refractivity contribution in [2.24, 2.45) is 0 Å². The molecule has 0 atom stereocenters. The maximum absolute atomic E-state index is 5.16. The Morgan fingerprint density at radius 3 is 2.53 bits per heavy atom. The predicted molar refractivity (Wildman–Crippen MR) is 58.6 cm³/mol. The Labute approximate surface area is 89.1 Å². The third-order valence-corrected chi connectivity index (χ3v) is 2.29. The summed E-state index contributed by atoms with van der Waals surface area (Å²) in [5.74, 6) is 1.23. The minimum Gasteiger partial charge on any atom is -0.356 e. The monoisotopic (exact) mass is 202 g/mol. The average Bonchev–Trinajstić information content (AvgIpc) is 2.65. The van der Waals surface area contributed by atoms with E-state index in [1.165, 1.54) is 0 Å². The molecule has 0 unspecified atom stereocenters. The van der Waals surface area contributed by atoms with Gasteiger partial charge in [-0.3, -0.25) is 4.98 Å². The van der Waals surface area contributed by atoms with Crippen molar-refractivity contribution in [1.29, 1.82) is 0 Å². The van der Waals surface area contributed by atoms with Crippen LogP contribution in [0.25, 0.3) is 11.3 Å². The molecule has 0 amide bonds. The number of rotatable bonds is 2. The highest BCUT2D eigenvalue weighted by molar-refractivity contribution is 5.55. The van der Waals surface area contributed by atoms with Crippen LogP contribution in [0.1, 0.15) is 31.2 Å². The Morgan fingerprint density at radius 1 is 1.27 bits per heavy atom. The van der Waals surface area contributed by atoms with Crippen LogP contribution in [0.5, 0.6) is 0 Å². The molecule has 0 saturated carbocycles. The summed E-state index contributed by atoms with van der Waals surface area (Å²) in [5, 5.41) is 3.85. The molecule has 2 aromatic rings. The van der Waals surface area contributed by atoms with Gasteiger partial charge in [0.15, 0.2) is 5.76 Å². The largest absolute Gasteiger partial charge is 0.356 e. The molecule has 0 bridgehead atoms. The lowest BCUT2D eigenvalue weighted by molar-refractivity contribution is 0.427. The van der Waals surface area contributed by atoms with Gasteiger partial charge in [-0.05, 0) is 25.0 Å². The maximum Gasteiger partial charge on any atom is 0.168 e. The first-order chi connectivity index (χ1) is 7.16. The second-order valence-electron chi connectivity index (χ2n) is 3.96. The summed E-state index contributed by atoms with van der Waals surface area (Å²) < 4.78 is 5.16. The van der Waals surface area contributed by atoms with Crippen LogP contribution >= 0.6 is 0 Å². The van der Waals surface area contributed by atoms with Crippen LogP contribution < -0.4 is 0 Å². The second kappa shape index (κ2) is 3.85. The molecule has 3 nitrogen and oxygen atoms in total. The van der Waals surface area contributed by atoms with Crippen molar-refractivity contribution < 1.29 is 4.52 Å². The highest BCUT2D eigenvalue weighted by atomic mass is 16.5. The molecule has 15 heavy (non-hydrogen) atoms. The minimum absolute atomic E-state index is 0.454. The van der Waals surface area contributed by atoms with Crippen LogP contribution in [-0.2, 0) is 0 Å². The van der Waals surface area contributed by atoms with Gasteiger partial charge in [0.1, 0.15) is 0 Å². The first kappa shape index (κ1) is 9.90. The van der Waals surface area contributed by atoms with E-state index in [1.807, 2.05) is 31.3 Å². The molecule has 2 rings (SSSR count). The molecule has 0 radical (unpaired) electrons. The van der Waals surface area contributed by atoms with Gasteiger partial charge in [-0.25, -0.2) is 0 Å². The summed E-state index contributed by atoms with van der Waals surface area (Å²) in [6.45, 7) is 6.16. The highest BCUT2D eigenvalue weighted by Gasteiger charge is 2.05. The Hall–Kier alpha value is -1.64. The fourth-order valence-corrected chi connectivity index (χ4v) is 1.39. The van der Waals surface area contributed by atoms with E-state index in [0.717, 1.165) is 22.7 Å². The SMILES string of the molecule is Cc1cc(-c2ccc(C(C)C)nc2)on1. The van der Waals surface area contributed by atoms with E-state index in [2.05, 4.69) is 24.0 Å². The van der Waals surface area contributed by atoms with E-state index in [0.29, 0.717) is 5.92 Å². The zero-order valence-corrected chi connectivity index (χ0v) is 9.19.